The molecule has 7 nitrogen and oxygen atoms in total. The van der Waals surface area contributed by atoms with Crippen LogP contribution >= 0.6 is 0 Å². The maximum Gasteiger partial charge on any atom is 0.250 e. The minimum absolute atomic E-state index is 0.0452. The van der Waals surface area contributed by atoms with Crippen LogP contribution in [0.4, 0.5) is 0 Å². The predicted molar refractivity (Wildman–Crippen MR) is 92.9 cm³/mol. The van der Waals surface area contributed by atoms with E-state index in [1.165, 1.54) is 5.56 Å². The van der Waals surface area contributed by atoms with E-state index in [2.05, 4.69) is 15.5 Å². The summed E-state index contributed by atoms with van der Waals surface area (Å²) in [4.78, 5) is 24.2. The van der Waals surface area contributed by atoms with Crippen LogP contribution in [0.3, 0.4) is 0 Å². The van der Waals surface area contributed by atoms with E-state index in [-0.39, 0.29) is 18.5 Å². The number of rotatable bonds is 4. The molecule has 1 aromatic carbocycles. The van der Waals surface area contributed by atoms with Gasteiger partial charge in [-0.25, -0.2) is 0 Å². The minimum Gasteiger partial charge on any atom is -0.366 e. The minimum atomic E-state index is -0.496. The molecule has 4 N–H and O–H groups in total. The van der Waals surface area contributed by atoms with Gasteiger partial charge in [-0.3, -0.25) is 14.7 Å². The van der Waals surface area contributed by atoms with Crippen LogP contribution in [0, 0.1) is 0 Å². The SMILES string of the molecule is NC(=O)c1cn(CC(=O)NC2CCCc3cn[nH]c32)c2ccccc12. The number of nitrogens with two attached hydrogens (primary N) is 1. The fourth-order valence-electron chi connectivity index (χ4n) is 3.58. The maximum absolute atomic E-state index is 12.6. The second-order valence-electron chi connectivity index (χ2n) is 6.37. The Bertz CT molecular complexity index is 955. The van der Waals surface area contributed by atoms with Gasteiger partial charge in [0.2, 0.25) is 5.91 Å². The van der Waals surface area contributed by atoms with Gasteiger partial charge in [-0.15, -0.1) is 0 Å². The Morgan fingerprint density at radius 2 is 2.20 bits per heavy atom. The van der Waals surface area contributed by atoms with Crippen LogP contribution in [0.25, 0.3) is 10.9 Å². The molecular weight excluding hydrogens is 318 g/mol. The van der Waals surface area contributed by atoms with Gasteiger partial charge in [0, 0.05) is 17.1 Å². The molecule has 2 amide bonds. The van der Waals surface area contributed by atoms with Crippen molar-refractivity contribution in [3.63, 3.8) is 0 Å². The molecule has 1 atom stereocenters. The van der Waals surface area contributed by atoms with Crippen LogP contribution in [0.5, 0.6) is 0 Å². The largest absolute Gasteiger partial charge is 0.366 e. The van der Waals surface area contributed by atoms with E-state index in [1.54, 1.807) is 10.8 Å². The predicted octanol–water partition coefficient (Wildman–Crippen LogP) is 1.66. The van der Waals surface area contributed by atoms with Gasteiger partial charge in [-0.05, 0) is 30.9 Å². The lowest BCUT2D eigenvalue weighted by Gasteiger charge is -2.23. The second-order valence-corrected chi connectivity index (χ2v) is 6.37. The van der Waals surface area contributed by atoms with Gasteiger partial charge in [0.1, 0.15) is 6.54 Å². The number of aromatic nitrogens is 3. The molecule has 0 spiro atoms. The van der Waals surface area contributed by atoms with Crippen molar-refractivity contribution in [2.45, 2.75) is 31.8 Å². The summed E-state index contributed by atoms with van der Waals surface area (Å²) in [5, 5.41) is 10.9. The third-order valence-corrected chi connectivity index (χ3v) is 4.74. The van der Waals surface area contributed by atoms with Gasteiger partial charge in [0.05, 0.1) is 23.5 Å². The average molecular weight is 337 g/mol. The lowest BCUT2D eigenvalue weighted by Crippen LogP contribution is -2.33. The molecule has 0 aliphatic heterocycles. The zero-order chi connectivity index (χ0) is 17.4. The van der Waals surface area contributed by atoms with E-state index in [9.17, 15) is 9.59 Å². The van der Waals surface area contributed by atoms with Crippen molar-refractivity contribution in [3.05, 3.63) is 53.5 Å². The standard InChI is InChI=1S/C18H19N5O2/c19-18(25)13-9-23(15-7-2-1-5-12(13)15)10-16(24)21-14-6-3-4-11-8-20-22-17(11)14/h1-2,5,7-9,14H,3-4,6,10H2,(H2,19,25)(H,20,22)(H,21,24). The van der Waals surface area contributed by atoms with Gasteiger partial charge in [-0.1, -0.05) is 18.2 Å². The first-order valence-electron chi connectivity index (χ1n) is 8.32. The van der Waals surface area contributed by atoms with Crippen LogP contribution in [0.1, 0.15) is 40.5 Å². The van der Waals surface area contributed by atoms with Crippen molar-refractivity contribution in [2.24, 2.45) is 5.73 Å². The lowest BCUT2D eigenvalue weighted by atomic mass is 9.94. The highest BCUT2D eigenvalue weighted by atomic mass is 16.2. The van der Waals surface area contributed by atoms with E-state index >= 15 is 0 Å². The molecule has 0 saturated heterocycles. The highest BCUT2D eigenvalue weighted by Crippen LogP contribution is 2.27. The smallest absolute Gasteiger partial charge is 0.250 e. The molecule has 7 heteroatoms. The zero-order valence-electron chi connectivity index (χ0n) is 13.7. The Labute approximate surface area is 144 Å². The molecule has 0 bridgehead atoms. The molecule has 1 aliphatic carbocycles. The summed E-state index contributed by atoms with van der Waals surface area (Å²) in [6.45, 7) is 0.133. The summed E-state index contributed by atoms with van der Waals surface area (Å²) < 4.78 is 1.77. The molecule has 0 radical (unpaired) electrons. The number of carbonyl (C=O) groups excluding carboxylic acids is 2. The zero-order valence-corrected chi connectivity index (χ0v) is 13.7. The summed E-state index contributed by atoms with van der Waals surface area (Å²) in [6.07, 6.45) is 6.37. The van der Waals surface area contributed by atoms with Gasteiger partial charge in [0.25, 0.3) is 5.91 Å². The van der Waals surface area contributed by atoms with Crippen molar-refractivity contribution < 1.29 is 9.59 Å². The van der Waals surface area contributed by atoms with Crippen LogP contribution in [-0.4, -0.2) is 26.6 Å². The first-order chi connectivity index (χ1) is 12.1. The molecule has 4 rings (SSSR count). The number of H-pyrrole nitrogens is 1. The number of nitrogens with zero attached hydrogens (tertiary/aromatic N) is 2. The highest BCUT2D eigenvalue weighted by Gasteiger charge is 2.24. The highest BCUT2D eigenvalue weighted by molar-refractivity contribution is 6.06. The quantitative estimate of drug-likeness (QED) is 0.674. The Morgan fingerprint density at radius 1 is 1.36 bits per heavy atom. The van der Waals surface area contributed by atoms with Crippen molar-refractivity contribution in [1.82, 2.24) is 20.1 Å². The fourth-order valence-corrected chi connectivity index (χ4v) is 3.58. The summed E-state index contributed by atoms with van der Waals surface area (Å²) in [7, 11) is 0. The van der Waals surface area contributed by atoms with E-state index in [4.69, 9.17) is 5.73 Å². The first-order valence-corrected chi connectivity index (χ1v) is 8.32. The maximum atomic E-state index is 12.6. The monoisotopic (exact) mass is 337 g/mol. The fraction of sp³-hybridized carbons (Fsp3) is 0.278. The normalized spacial score (nSPS) is 16.6. The average Bonchev–Trinajstić information content (AvgIpc) is 3.21. The van der Waals surface area contributed by atoms with Crippen molar-refractivity contribution in [1.29, 1.82) is 0 Å². The van der Waals surface area contributed by atoms with Crippen LogP contribution in [0.2, 0.25) is 0 Å². The first kappa shape index (κ1) is 15.4. The van der Waals surface area contributed by atoms with E-state index < -0.39 is 5.91 Å². The summed E-state index contributed by atoms with van der Waals surface area (Å²) >= 11 is 0. The topological polar surface area (TPSA) is 106 Å². The molecular formula is C18H19N5O2. The van der Waals surface area contributed by atoms with Gasteiger partial charge < -0.3 is 15.6 Å². The number of hydrogen-bond acceptors (Lipinski definition) is 3. The number of aryl methyl sites for hydroxylation is 1. The molecule has 1 unspecified atom stereocenters. The Kier molecular flexibility index (Phi) is 3.76. The van der Waals surface area contributed by atoms with E-state index in [0.29, 0.717) is 5.56 Å². The second kappa shape index (κ2) is 6.08. The number of primary amides is 1. The Balaban J connectivity index is 1.56. The molecule has 2 heterocycles. The summed E-state index contributed by atoms with van der Waals surface area (Å²) in [5.41, 5.74) is 8.86. The molecule has 2 aromatic heterocycles. The number of aromatic amines is 1. The third-order valence-electron chi connectivity index (χ3n) is 4.74. The number of nitrogens with one attached hydrogen (secondary N) is 2. The number of carbonyl (C=O) groups is 2. The molecule has 3 aromatic rings. The number of benzene rings is 1. The van der Waals surface area contributed by atoms with Gasteiger partial charge in [-0.2, -0.15) is 5.10 Å². The number of amides is 2. The lowest BCUT2D eigenvalue weighted by molar-refractivity contribution is -0.122. The van der Waals surface area contributed by atoms with E-state index in [1.807, 2.05) is 30.5 Å². The molecule has 0 saturated carbocycles. The van der Waals surface area contributed by atoms with Crippen LogP contribution in [0.15, 0.2) is 36.7 Å². The van der Waals surface area contributed by atoms with E-state index in [0.717, 1.165) is 35.9 Å². The van der Waals surface area contributed by atoms with Crippen molar-refractivity contribution in [2.75, 3.05) is 0 Å². The third kappa shape index (κ3) is 2.77. The Morgan fingerprint density at radius 3 is 3.04 bits per heavy atom. The van der Waals surface area contributed by atoms with Crippen molar-refractivity contribution in [3.8, 4) is 0 Å². The summed E-state index contributed by atoms with van der Waals surface area (Å²) in [6, 6.07) is 7.39. The van der Waals surface area contributed by atoms with Crippen LogP contribution < -0.4 is 11.1 Å². The molecule has 0 fully saturated rings. The van der Waals surface area contributed by atoms with Gasteiger partial charge in [0.15, 0.2) is 0 Å². The molecule has 1 aliphatic rings. The molecule has 128 valence electrons. The van der Waals surface area contributed by atoms with Crippen LogP contribution in [-0.2, 0) is 17.8 Å². The van der Waals surface area contributed by atoms with Gasteiger partial charge >= 0.3 is 0 Å². The molecule has 25 heavy (non-hydrogen) atoms. The number of para-hydroxylation sites is 1. The van der Waals surface area contributed by atoms with Crippen molar-refractivity contribution >= 4 is 22.7 Å². The Hall–Kier alpha value is -3.09. The summed E-state index contributed by atoms with van der Waals surface area (Å²) in [5.74, 6) is -0.603. The number of fused-ring (bicyclic) bond motifs is 2. The number of hydrogen-bond donors (Lipinski definition) is 3.